The monoisotopic (exact) mass is 325 g/mol. The zero-order valence-electron chi connectivity index (χ0n) is 13.9. The Balaban J connectivity index is 2.54. The van der Waals surface area contributed by atoms with E-state index in [0.717, 1.165) is 0 Å². The largest absolute Gasteiger partial charge is 0.466 e. The van der Waals surface area contributed by atoms with Gasteiger partial charge in [-0.15, -0.1) is 0 Å². The molecule has 1 rings (SSSR count). The molecule has 128 valence electrons. The second-order valence-corrected chi connectivity index (χ2v) is 5.29. The fraction of sp³-hybridized carbons (Fsp3) is 0.600. The van der Waals surface area contributed by atoms with Crippen LogP contribution in [0, 0.1) is 6.92 Å². The number of aromatic nitrogens is 1. The van der Waals surface area contributed by atoms with Crippen LogP contribution in [0.15, 0.2) is 10.6 Å². The summed E-state index contributed by atoms with van der Waals surface area (Å²) in [6.07, 6.45) is 0.00730. The van der Waals surface area contributed by atoms with Crippen molar-refractivity contribution < 1.29 is 23.6 Å². The van der Waals surface area contributed by atoms with Gasteiger partial charge in [0.25, 0.3) is 0 Å². The zero-order chi connectivity index (χ0) is 17.4. The molecule has 0 saturated carbocycles. The van der Waals surface area contributed by atoms with Gasteiger partial charge in [0.15, 0.2) is 5.82 Å². The molecule has 0 aliphatic rings. The van der Waals surface area contributed by atoms with Gasteiger partial charge in [-0.25, -0.2) is 0 Å². The number of carbonyl (C=O) groups is 3. The van der Waals surface area contributed by atoms with E-state index in [0.29, 0.717) is 11.6 Å². The minimum Gasteiger partial charge on any atom is -0.466 e. The summed E-state index contributed by atoms with van der Waals surface area (Å²) >= 11 is 0. The maximum Gasteiger partial charge on any atom is 0.306 e. The van der Waals surface area contributed by atoms with Crippen molar-refractivity contribution in [3.8, 4) is 0 Å². The van der Waals surface area contributed by atoms with Gasteiger partial charge in [0.2, 0.25) is 11.8 Å². The Hall–Kier alpha value is -2.38. The molecule has 2 amide bonds. The lowest BCUT2D eigenvalue weighted by molar-refractivity contribution is -0.146. The van der Waals surface area contributed by atoms with Gasteiger partial charge < -0.3 is 19.5 Å². The molecule has 0 aliphatic carbocycles. The van der Waals surface area contributed by atoms with Gasteiger partial charge >= 0.3 is 5.97 Å². The van der Waals surface area contributed by atoms with Crippen LogP contribution in [0.5, 0.6) is 0 Å². The van der Waals surface area contributed by atoms with E-state index in [2.05, 4.69) is 10.5 Å². The third-order valence-electron chi connectivity index (χ3n) is 3.00. The van der Waals surface area contributed by atoms with Crippen molar-refractivity contribution in [3.05, 3.63) is 11.8 Å². The van der Waals surface area contributed by atoms with E-state index in [-0.39, 0.29) is 43.8 Å². The van der Waals surface area contributed by atoms with E-state index >= 15 is 0 Å². The van der Waals surface area contributed by atoms with Crippen LogP contribution in [0.3, 0.4) is 0 Å². The van der Waals surface area contributed by atoms with Gasteiger partial charge in [-0.3, -0.25) is 14.4 Å². The Labute approximate surface area is 135 Å². The molecule has 0 radical (unpaired) electrons. The number of nitrogens with zero attached hydrogens (tertiary/aromatic N) is 2. The summed E-state index contributed by atoms with van der Waals surface area (Å²) in [6, 6.07) is 1.41. The van der Waals surface area contributed by atoms with E-state index in [9.17, 15) is 14.4 Å². The molecule has 1 aromatic rings. The number of esters is 1. The highest BCUT2D eigenvalue weighted by Crippen LogP contribution is 2.09. The van der Waals surface area contributed by atoms with Crippen molar-refractivity contribution in [2.75, 3.05) is 18.5 Å². The first-order valence-electron chi connectivity index (χ1n) is 7.51. The van der Waals surface area contributed by atoms with Crippen LogP contribution in [0.2, 0.25) is 0 Å². The third kappa shape index (κ3) is 6.50. The molecule has 1 N–H and O–H groups in total. The van der Waals surface area contributed by atoms with E-state index in [1.54, 1.807) is 33.8 Å². The maximum absolute atomic E-state index is 12.2. The second kappa shape index (κ2) is 8.92. The van der Waals surface area contributed by atoms with Gasteiger partial charge in [0.05, 0.1) is 13.0 Å². The Morgan fingerprint density at radius 1 is 1.35 bits per heavy atom. The summed E-state index contributed by atoms with van der Waals surface area (Å²) < 4.78 is 9.64. The van der Waals surface area contributed by atoms with Gasteiger partial charge in [-0.2, -0.15) is 0 Å². The van der Waals surface area contributed by atoms with Crippen LogP contribution in [0.4, 0.5) is 5.82 Å². The molecule has 0 aromatic carbocycles. The topological polar surface area (TPSA) is 102 Å². The van der Waals surface area contributed by atoms with E-state index in [1.165, 1.54) is 4.90 Å². The molecule has 23 heavy (non-hydrogen) atoms. The molecule has 0 spiro atoms. The Morgan fingerprint density at radius 3 is 2.57 bits per heavy atom. The van der Waals surface area contributed by atoms with Crippen LogP contribution in [0.25, 0.3) is 0 Å². The number of amides is 2. The minimum absolute atomic E-state index is 0.00000674. The molecule has 8 nitrogen and oxygen atoms in total. The average molecular weight is 325 g/mol. The summed E-state index contributed by atoms with van der Waals surface area (Å²) in [4.78, 5) is 36.9. The van der Waals surface area contributed by atoms with E-state index in [4.69, 9.17) is 9.26 Å². The van der Waals surface area contributed by atoms with Gasteiger partial charge in [0.1, 0.15) is 12.3 Å². The maximum atomic E-state index is 12.2. The summed E-state index contributed by atoms with van der Waals surface area (Å²) in [7, 11) is 0. The number of rotatable bonds is 8. The quantitative estimate of drug-likeness (QED) is 0.727. The Morgan fingerprint density at radius 2 is 2.04 bits per heavy atom. The molecule has 8 heteroatoms. The number of hydrogen-bond acceptors (Lipinski definition) is 6. The molecule has 0 atom stereocenters. The first-order chi connectivity index (χ1) is 10.8. The lowest BCUT2D eigenvalue weighted by atomic mass is 10.2. The van der Waals surface area contributed by atoms with Crippen LogP contribution in [0.1, 0.15) is 39.4 Å². The summed E-state index contributed by atoms with van der Waals surface area (Å²) in [5.41, 5.74) is 0. The van der Waals surface area contributed by atoms with Crippen molar-refractivity contribution in [2.24, 2.45) is 0 Å². The standard InChI is InChI=1S/C15H23N3O5/c1-5-22-15(21)7-6-14(20)18(10(2)3)9-13(19)16-12-8-11(4)23-17-12/h8,10H,5-7,9H2,1-4H3,(H,16,17,19). The van der Waals surface area contributed by atoms with E-state index in [1.807, 2.05) is 0 Å². The van der Waals surface area contributed by atoms with Crippen molar-refractivity contribution >= 4 is 23.6 Å². The van der Waals surface area contributed by atoms with Crippen molar-refractivity contribution in [2.45, 2.75) is 46.6 Å². The van der Waals surface area contributed by atoms with E-state index < -0.39 is 5.97 Å². The highest BCUT2D eigenvalue weighted by atomic mass is 16.5. The first-order valence-corrected chi connectivity index (χ1v) is 7.51. The van der Waals surface area contributed by atoms with Crippen LogP contribution in [-0.4, -0.2) is 47.0 Å². The molecular formula is C15H23N3O5. The lowest BCUT2D eigenvalue weighted by Crippen LogP contribution is -2.42. The van der Waals surface area contributed by atoms with Crippen molar-refractivity contribution in [3.63, 3.8) is 0 Å². The molecule has 0 bridgehead atoms. The van der Waals surface area contributed by atoms with Gasteiger partial charge in [0, 0.05) is 18.5 Å². The summed E-state index contributed by atoms with van der Waals surface area (Å²) in [5.74, 6) is -0.204. The van der Waals surface area contributed by atoms with Crippen LogP contribution in [-0.2, 0) is 19.1 Å². The molecule has 0 saturated heterocycles. The van der Waals surface area contributed by atoms with Crippen molar-refractivity contribution in [1.29, 1.82) is 0 Å². The number of ether oxygens (including phenoxy) is 1. The number of carbonyl (C=O) groups excluding carboxylic acids is 3. The number of aryl methyl sites for hydroxylation is 1. The highest BCUT2D eigenvalue weighted by Gasteiger charge is 2.21. The minimum atomic E-state index is -0.424. The highest BCUT2D eigenvalue weighted by molar-refractivity contribution is 5.94. The summed E-state index contributed by atoms with van der Waals surface area (Å²) in [6.45, 7) is 7.18. The number of nitrogens with one attached hydrogen (secondary N) is 1. The lowest BCUT2D eigenvalue weighted by Gasteiger charge is -2.25. The number of hydrogen-bond donors (Lipinski definition) is 1. The van der Waals surface area contributed by atoms with Crippen LogP contribution >= 0.6 is 0 Å². The fourth-order valence-electron chi connectivity index (χ4n) is 1.91. The van der Waals surface area contributed by atoms with Gasteiger partial charge in [-0.05, 0) is 27.7 Å². The smallest absolute Gasteiger partial charge is 0.306 e. The molecule has 1 aromatic heterocycles. The molecule has 0 fully saturated rings. The Kier molecular flexibility index (Phi) is 7.24. The predicted molar refractivity (Wildman–Crippen MR) is 82.6 cm³/mol. The number of anilines is 1. The fourth-order valence-corrected chi connectivity index (χ4v) is 1.91. The molecule has 0 unspecified atom stereocenters. The zero-order valence-corrected chi connectivity index (χ0v) is 13.9. The second-order valence-electron chi connectivity index (χ2n) is 5.29. The van der Waals surface area contributed by atoms with Crippen LogP contribution < -0.4 is 5.32 Å². The summed E-state index contributed by atoms with van der Waals surface area (Å²) in [5, 5.41) is 6.22. The average Bonchev–Trinajstić information content (AvgIpc) is 2.87. The predicted octanol–water partition coefficient (Wildman–Crippen LogP) is 1.50. The molecular weight excluding hydrogens is 302 g/mol. The van der Waals surface area contributed by atoms with Gasteiger partial charge in [-0.1, -0.05) is 5.16 Å². The van der Waals surface area contributed by atoms with Crippen molar-refractivity contribution in [1.82, 2.24) is 10.1 Å². The molecule has 1 heterocycles. The first kappa shape index (κ1) is 18.7. The normalized spacial score (nSPS) is 10.5. The SMILES string of the molecule is CCOC(=O)CCC(=O)N(CC(=O)Nc1cc(C)on1)C(C)C. The molecule has 0 aliphatic heterocycles. The third-order valence-corrected chi connectivity index (χ3v) is 3.00. The Bertz CT molecular complexity index is 553.